The third kappa shape index (κ3) is 3.45. The lowest BCUT2D eigenvalue weighted by Gasteiger charge is -2.18. The van der Waals surface area contributed by atoms with E-state index in [1.54, 1.807) is 27.0 Å². The highest BCUT2D eigenvalue weighted by atomic mass is 16.6. The Morgan fingerprint density at radius 3 is 2.91 bits per heavy atom. The average molecular weight is 309 g/mol. The fourth-order valence-electron chi connectivity index (χ4n) is 1.89. The van der Waals surface area contributed by atoms with Crippen LogP contribution in [0.5, 0.6) is 0 Å². The van der Waals surface area contributed by atoms with E-state index in [-0.39, 0.29) is 18.5 Å². The van der Waals surface area contributed by atoms with Gasteiger partial charge in [0.15, 0.2) is 0 Å². The van der Waals surface area contributed by atoms with Gasteiger partial charge in [-0.05, 0) is 12.1 Å². The van der Waals surface area contributed by atoms with Gasteiger partial charge in [-0.15, -0.1) is 0 Å². The lowest BCUT2D eigenvalue weighted by atomic mass is 10.2. The van der Waals surface area contributed by atoms with E-state index >= 15 is 0 Å². The summed E-state index contributed by atoms with van der Waals surface area (Å²) in [5.74, 6) is 0.118. The van der Waals surface area contributed by atoms with Crippen molar-refractivity contribution in [3.63, 3.8) is 0 Å². The Kier molecular flexibility index (Phi) is 4.81. The van der Waals surface area contributed by atoms with Crippen LogP contribution in [0.1, 0.15) is 20.1 Å². The van der Waals surface area contributed by atoms with Crippen LogP contribution in [0, 0.1) is 5.92 Å². The number of aliphatic hydroxyl groups excluding tert-OH is 1. The van der Waals surface area contributed by atoms with Crippen molar-refractivity contribution in [1.82, 2.24) is 9.55 Å². The Labute approximate surface area is 127 Å². The van der Waals surface area contributed by atoms with E-state index in [4.69, 9.17) is 9.47 Å². The van der Waals surface area contributed by atoms with Crippen molar-refractivity contribution in [3.8, 4) is 0 Å². The van der Waals surface area contributed by atoms with Gasteiger partial charge < -0.3 is 19.9 Å². The zero-order valence-electron chi connectivity index (χ0n) is 12.6. The summed E-state index contributed by atoms with van der Waals surface area (Å²) >= 11 is 0. The van der Waals surface area contributed by atoms with E-state index in [9.17, 15) is 14.7 Å². The summed E-state index contributed by atoms with van der Waals surface area (Å²) in [6.45, 7) is 3.36. The summed E-state index contributed by atoms with van der Waals surface area (Å²) in [6, 6.07) is 1.59. The summed E-state index contributed by atoms with van der Waals surface area (Å²) in [6.07, 6.45) is 0.953. The number of nitrogens with one attached hydrogen (secondary N) is 1. The van der Waals surface area contributed by atoms with E-state index in [1.165, 1.54) is 16.8 Å². The SMILES string of the molecule is CNc1ccn([C@@H]2OC(COC(=O)C(C)C)=C[C@H]2O)c(=O)n1. The fourth-order valence-corrected chi connectivity index (χ4v) is 1.89. The summed E-state index contributed by atoms with van der Waals surface area (Å²) < 4.78 is 11.7. The number of rotatable bonds is 5. The predicted molar refractivity (Wildman–Crippen MR) is 78.1 cm³/mol. The molecule has 0 saturated heterocycles. The van der Waals surface area contributed by atoms with E-state index < -0.39 is 18.0 Å². The van der Waals surface area contributed by atoms with Gasteiger partial charge in [0.1, 0.15) is 24.3 Å². The molecule has 8 heteroatoms. The number of esters is 1. The number of hydrogen-bond acceptors (Lipinski definition) is 7. The lowest BCUT2D eigenvalue weighted by Crippen LogP contribution is -2.32. The molecule has 2 atom stereocenters. The number of anilines is 1. The summed E-state index contributed by atoms with van der Waals surface area (Å²) in [7, 11) is 1.65. The molecule has 1 aromatic rings. The normalized spacial score (nSPS) is 20.5. The molecule has 22 heavy (non-hydrogen) atoms. The maximum Gasteiger partial charge on any atom is 0.352 e. The number of aliphatic hydroxyl groups is 1. The number of carbonyl (C=O) groups is 1. The van der Waals surface area contributed by atoms with Crippen molar-refractivity contribution < 1.29 is 19.4 Å². The molecule has 0 spiro atoms. The molecule has 0 saturated carbocycles. The van der Waals surface area contributed by atoms with Crippen LogP contribution in [-0.2, 0) is 14.3 Å². The third-order valence-electron chi connectivity index (χ3n) is 3.11. The molecule has 0 aliphatic carbocycles. The standard InChI is InChI=1S/C14H19N3O5/c1-8(2)13(19)21-7-9-6-10(18)12(22-9)17-5-4-11(15-3)16-14(17)20/h4-6,8,10,12,18H,7H2,1-3H3,(H,15,16,20)/t10-,12-/m1/s1. The second-order valence-corrected chi connectivity index (χ2v) is 5.15. The van der Waals surface area contributed by atoms with Crippen LogP contribution in [0.25, 0.3) is 0 Å². The van der Waals surface area contributed by atoms with Gasteiger partial charge in [-0.2, -0.15) is 4.98 Å². The molecule has 0 unspecified atom stereocenters. The van der Waals surface area contributed by atoms with E-state index in [0.29, 0.717) is 11.6 Å². The summed E-state index contributed by atoms with van der Waals surface area (Å²) in [5, 5.41) is 12.7. The topological polar surface area (TPSA) is 103 Å². The van der Waals surface area contributed by atoms with Crippen molar-refractivity contribution in [2.45, 2.75) is 26.2 Å². The van der Waals surface area contributed by atoms with Gasteiger partial charge in [0.25, 0.3) is 0 Å². The molecule has 2 N–H and O–H groups in total. The average Bonchev–Trinajstić information content (AvgIpc) is 2.85. The van der Waals surface area contributed by atoms with E-state index in [0.717, 1.165) is 0 Å². The maximum atomic E-state index is 11.9. The first-order valence-electron chi connectivity index (χ1n) is 6.91. The van der Waals surface area contributed by atoms with Crippen molar-refractivity contribution in [1.29, 1.82) is 0 Å². The van der Waals surface area contributed by atoms with Gasteiger partial charge in [-0.25, -0.2) is 4.79 Å². The molecule has 120 valence electrons. The fraction of sp³-hybridized carbons (Fsp3) is 0.500. The molecular weight excluding hydrogens is 290 g/mol. The first-order valence-corrected chi connectivity index (χ1v) is 6.91. The van der Waals surface area contributed by atoms with Crippen molar-refractivity contribution in [2.75, 3.05) is 19.0 Å². The second kappa shape index (κ2) is 6.61. The Morgan fingerprint density at radius 2 is 2.32 bits per heavy atom. The maximum absolute atomic E-state index is 11.9. The van der Waals surface area contributed by atoms with E-state index in [2.05, 4.69) is 10.3 Å². The van der Waals surface area contributed by atoms with E-state index in [1.807, 2.05) is 0 Å². The minimum atomic E-state index is -1.02. The molecule has 0 aromatic carbocycles. The van der Waals surface area contributed by atoms with Crippen LogP contribution in [-0.4, -0.2) is 40.4 Å². The molecule has 1 aromatic heterocycles. The first kappa shape index (κ1) is 16.0. The monoisotopic (exact) mass is 309 g/mol. The third-order valence-corrected chi connectivity index (χ3v) is 3.11. The zero-order valence-corrected chi connectivity index (χ0v) is 12.6. The van der Waals surface area contributed by atoms with Gasteiger partial charge in [0, 0.05) is 13.2 Å². The quantitative estimate of drug-likeness (QED) is 0.752. The summed E-state index contributed by atoms with van der Waals surface area (Å²) in [5.41, 5.74) is -0.551. The molecule has 0 radical (unpaired) electrons. The molecule has 2 rings (SSSR count). The van der Waals surface area contributed by atoms with Crippen LogP contribution < -0.4 is 11.0 Å². The Hall–Kier alpha value is -2.35. The highest BCUT2D eigenvalue weighted by Crippen LogP contribution is 2.25. The van der Waals surface area contributed by atoms with Gasteiger partial charge in [-0.1, -0.05) is 13.8 Å². The van der Waals surface area contributed by atoms with Crippen molar-refractivity contribution in [2.24, 2.45) is 5.92 Å². The minimum absolute atomic E-state index is 0.0820. The Balaban J connectivity index is 2.05. The molecule has 1 aliphatic heterocycles. The molecule has 0 bridgehead atoms. The Morgan fingerprint density at radius 1 is 1.59 bits per heavy atom. The molecule has 2 heterocycles. The zero-order chi connectivity index (χ0) is 16.3. The summed E-state index contributed by atoms with van der Waals surface area (Å²) in [4.78, 5) is 27.1. The highest BCUT2D eigenvalue weighted by Gasteiger charge is 2.30. The van der Waals surface area contributed by atoms with Crippen LogP contribution in [0.2, 0.25) is 0 Å². The lowest BCUT2D eigenvalue weighted by molar-refractivity contribution is -0.147. The second-order valence-electron chi connectivity index (χ2n) is 5.15. The van der Waals surface area contributed by atoms with Crippen LogP contribution in [0.15, 0.2) is 28.9 Å². The largest absolute Gasteiger partial charge is 0.468 e. The number of ether oxygens (including phenoxy) is 2. The van der Waals surface area contributed by atoms with Gasteiger partial charge >= 0.3 is 11.7 Å². The Bertz CT molecular complexity index is 638. The number of nitrogens with zero attached hydrogens (tertiary/aromatic N) is 2. The smallest absolute Gasteiger partial charge is 0.352 e. The van der Waals surface area contributed by atoms with Gasteiger partial charge in [0.05, 0.1) is 5.92 Å². The molecular formula is C14H19N3O5. The molecule has 0 amide bonds. The first-order chi connectivity index (χ1) is 10.4. The molecule has 1 aliphatic rings. The van der Waals surface area contributed by atoms with Crippen LogP contribution in [0.3, 0.4) is 0 Å². The molecule has 0 fully saturated rings. The molecule has 8 nitrogen and oxygen atoms in total. The van der Waals surface area contributed by atoms with Crippen molar-refractivity contribution in [3.05, 3.63) is 34.6 Å². The predicted octanol–water partition coefficient (Wildman–Crippen LogP) is 0.258. The van der Waals surface area contributed by atoms with Gasteiger partial charge in [0.2, 0.25) is 6.23 Å². The minimum Gasteiger partial charge on any atom is -0.468 e. The van der Waals surface area contributed by atoms with Crippen molar-refractivity contribution >= 4 is 11.8 Å². The van der Waals surface area contributed by atoms with Crippen LogP contribution in [0.4, 0.5) is 5.82 Å². The highest BCUT2D eigenvalue weighted by molar-refractivity contribution is 5.71. The number of carbonyl (C=O) groups excluding carboxylic acids is 1. The van der Waals surface area contributed by atoms with Crippen LogP contribution >= 0.6 is 0 Å². The van der Waals surface area contributed by atoms with Gasteiger partial charge in [-0.3, -0.25) is 9.36 Å². The number of aromatic nitrogens is 2. The number of hydrogen-bond donors (Lipinski definition) is 2.